The smallest absolute Gasteiger partial charge is 0.408 e. The number of fused-ring (bicyclic) bond motifs is 1. The molecule has 2 saturated heterocycles. The van der Waals surface area contributed by atoms with E-state index < -0.39 is 23.1 Å². The average Bonchev–Trinajstić information content (AvgIpc) is 2.96. The molecule has 3 heterocycles. The van der Waals surface area contributed by atoms with Gasteiger partial charge in [0, 0.05) is 19.5 Å². The molecule has 4 rings (SSSR count). The number of para-hydroxylation sites is 2. The minimum Gasteiger partial charge on any atom is -0.408 e. The number of aliphatic hydroxyl groups excluding tert-OH is 1. The number of piperidine rings is 1. The van der Waals surface area contributed by atoms with E-state index >= 15 is 0 Å². The molecule has 0 aliphatic carbocycles. The van der Waals surface area contributed by atoms with Gasteiger partial charge in [-0.15, -0.1) is 0 Å². The number of aromatic nitrogens is 1. The number of ether oxygens (including phenoxy) is 1. The minimum atomic E-state index is -1.19. The Bertz CT molecular complexity index is 906. The van der Waals surface area contributed by atoms with Crippen LogP contribution in [0, 0.1) is 0 Å². The lowest BCUT2D eigenvalue weighted by molar-refractivity contribution is -0.245. The van der Waals surface area contributed by atoms with Crippen molar-refractivity contribution in [1.82, 2.24) is 9.47 Å². The van der Waals surface area contributed by atoms with Crippen molar-refractivity contribution in [3.63, 3.8) is 0 Å². The van der Waals surface area contributed by atoms with Gasteiger partial charge in [-0.1, -0.05) is 12.1 Å². The Morgan fingerprint density at radius 1 is 1.26 bits per heavy atom. The van der Waals surface area contributed by atoms with Gasteiger partial charge in [0.1, 0.15) is 18.2 Å². The first-order valence-electron chi connectivity index (χ1n) is 9.23. The van der Waals surface area contributed by atoms with Crippen LogP contribution in [0.4, 0.5) is 0 Å². The van der Waals surface area contributed by atoms with E-state index in [1.54, 1.807) is 36.1 Å². The van der Waals surface area contributed by atoms with Gasteiger partial charge in [-0.25, -0.2) is 4.79 Å². The van der Waals surface area contributed by atoms with Crippen molar-refractivity contribution < 1.29 is 24.2 Å². The molecule has 8 heteroatoms. The predicted octanol–water partition coefficient (Wildman–Crippen LogP) is 0.488. The molecule has 146 valence electrons. The van der Waals surface area contributed by atoms with Crippen molar-refractivity contribution in [3.05, 3.63) is 34.8 Å². The van der Waals surface area contributed by atoms with Gasteiger partial charge in [0.15, 0.2) is 5.58 Å². The highest BCUT2D eigenvalue weighted by atomic mass is 16.5. The van der Waals surface area contributed by atoms with Crippen molar-refractivity contribution in [2.75, 3.05) is 19.7 Å². The Morgan fingerprint density at radius 2 is 1.96 bits per heavy atom. The summed E-state index contributed by atoms with van der Waals surface area (Å²) in [4.78, 5) is 26.4. The molecule has 0 bridgehead atoms. The standard InChI is InChI=1S/C19H24N2O6/c1-18(25)8-11-26-19(16(18)23)6-9-20(10-7-19)15(22)12-21-13-4-2-3-5-14(13)27-17(21)24/h2-5,16,23,25H,6-12H2,1H3/t16-,18+/m0/s1. The fraction of sp³-hybridized carbons (Fsp3) is 0.579. The van der Waals surface area contributed by atoms with E-state index in [-0.39, 0.29) is 12.5 Å². The lowest BCUT2D eigenvalue weighted by atomic mass is 9.75. The Hall–Kier alpha value is -2.16. The quantitative estimate of drug-likeness (QED) is 0.790. The fourth-order valence-electron chi connectivity index (χ4n) is 4.19. The maximum absolute atomic E-state index is 12.7. The molecule has 1 amide bonds. The van der Waals surface area contributed by atoms with Crippen LogP contribution in [0.1, 0.15) is 26.2 Å². The SMILES string of the molecule is C[C@@]1(O)CCOC2(CCN(C(=O)Cn3c(=O)oc4ccccc43)CC2)[C@H]1O. The Balaban J connectivity index is 1.46. The second-order valence-electron chi connectivity index (χ2n) is 7.73. The van der Waals surface area contributed by atoms with Crippen molar-refractivity contribution in [3.8, 4) is 0 Å². The van der Waals surface area contributed by atoms with Crippen LogP contribution in [0.2, 0.25) is 0 Å². The van der Waals surface area contributed by atoms with Gasteiger partial charge < -0.3 is 24.3 Å². The predicted molar refractivity (Wildman–Crippen MR) is 96.2 cm³/mol. The first-order chi connectivity index (χ1) is 12.8. The van der Waals surface area contributed by atoms with Crippen molar-refractivity contribution in [2.45, 2.75) is 50.0 Å². The second-order valence-corrected chi connectivity index (χ2v) is 7.73. The van der Waals surface area contributed by atoms with E-state index in [0.29, 0.717) is 50.1 Å². The summed E-state index contributed by atoms with van der Waals surface area (Å²) in [7, 11) is 0. The molecule has 1 spiro atoms. The van der Waals surface area contributed by atoms with E-state index in [9.17, 15) is 19.8 Å². The van der Waals surface area contributed by atoms with E-state index in [0.717, 1.165) is 0 Å². The number of amides is 1. The summed E-state index contributed by atoms with van der Waals surface area (Å²) >= 11 is 0. The molecule has 1 aromatic heterocycles. The van der Waals surface area contributed by atoms with Crippen LogP contribution in [-0.4, -0.2) is 62.6 Å². The zero-order chi connectivity index (χ0) is 19.2. The van der Waals surface area contributed by atoms with E-state index in [1.165, 1.54) is 4.57 Å². The number of hydrogen-bond donors (Lipinski definition) is 2. The minimum absolute atomic E-state index is 0.0933. The van der Waals surface area contributed by atoms with Crippen LogP contribution < -0.4 is 5.76 Å². The molecule has 2 fully saturated rings. The number of aliphatic hydroxyl groups is 2. The summed E-state index contributed by atoms with van der Waals surface area (Å²) in [5.74, 6) is -0.740. The number of hydrogen-bond acceptors (Lipinski definition) is 6. The number of oxazole rings is 1. The molecule has 2 aliphatic heterocycles. The van der Waals surface area contributed by atoms with Crippen LogP contribution in [0.3, 0.4) is 0 Å². The Morgan fingerprint density at radius 3 is 2.70 bits per heavy atom. The summed E-state index contributed by atoms with van der Waals surface area (Å²) in [6, 6.07) is 6.99. The summed E-state index contributed by atoms with van der Waals surface area (Å²) in [6.07, 6.45) is 0.278. The van der Waals surface area contributed by atoms with Crippen LogP contribution >= 0.6 is 0 Å². The lowest BCUT2D eigenvalue weighted by Gasteiger charge is -2.51. The van der Waals surface area contributed by atoms with Gasteiger partial charge in [-0.3, -0.25) is 9.36 Å². The highest BCUT2D eigenvalue weighted by Crippen LogP contribution is 2.39. The monoisotopic (exact) mass is 376 g/mol. The fourth-order valence-corrected chi connectivity index (χ4v) is 4.19. The van der Waals surface area contributed by atoms with Gasteiger partial charge in [0.2, 0.25) is 5.91 Å². The first-order valence-corrected chi connectivity index (χ1v) is 9.23. The molecule has 0 saturated carbocycles. The van der Waals surface area contributed by atoms with Gasteiger partial charge in [-0.2, -0.15) is 0 Å². The third-order valence-electron chi connectivity index (χ3n) is 5.91. The highest BCUT2D eigenvalue weighted by Gasteiger charge is 2.52. The van der Waals surface area contributed by atoms with Gasteiger partial charge >= 0.3 is 5.76 Å². The average molecular weight is 376 g/mol. The maximum Gasteiger partial charge on any atom is 0.420 e. The second kappa shape index (κ2) is 6.47. The largest absolute Gasteiger partial charge is 0.420 e. The molecule has 0 unspecified atom stereocenters. The third kappa shape index (κ3) is 3.07. The Labute approximate surface area is 155 Å². The zero-order valence-electron chi connectivity index (χ0n) is 15.3. The van der Waals surface area contributed by atoms with Crippen LogP contribution in [0.25, 0.3) is 11.1 Å². The van der Waals surface area contributed by atoms with Gasteiger partial charge in [0.25, 0.3) is 0 Å². The van der Waals surface area contributed by atoms with Crippen LogP contribution in [0.5, 0.6) is 0 Å². The maximum atomic E-state index is 12.7. The molecular formula is C19H24N2O6. The third-order valence-corrected chi connectivity index (χ3v) is 5.91. The van der Waals surface area contributed by atoms with Crippen molar-refractivity contribution in [2.24, 2.45) is 0 Å². The van der Waals surface area contributed by atoms with Crippen molar-refractivity contribution >= 4 is 17.0 Å². The number of benzene rings is 1. The molecular weight excluding hydrogens is 352 g/mol. The molecule has 2 atom stereocenters. The lowest BCUT2D eigenvalue weighted by Crippen LogP contribution is -2.64. The van der Waals surface area contributed by atoms with E-state index in [4.69, 9.17) is 9.15 Å². The number of carbonyl (C=O) groups excluding carboxylic acids is 1. The molecule has 2 aromatic rings. The molecule has 8 nitrogen and oxygen atoms in total. The molecule has 0 radical (unpaired) electrons. The van der Waals surface area contributed by atoms with Gasteiger partial charge in [0.05, 0.1) is 17.7 Å². The Kier molecular flexibility index (Phi) is 4.37. The molecule has 27 heavy (non-hydrogen) atoms. The summed E-state index contributed by atoms with van der Waals surface area (Å²) in [5, 5.41) is 20.9. The molecule has 2 aliphatic rings. The molecule has 2 N–H and O–H groups in total. The number of nitrogens with zero attached hydrogens (tertiary/aromatic N) is 2. The van der Waals surface area contributed by atoms with Crippen molar-refractivity contribution in [1.29, 1.82) is 0 Å². The number of rotatable bonds is 2. The van der Waals surface area contributed by atoms with E-state index in [1.807, 2.05) is 0 Å². The first kappa shape index (κ1) is 18.2. The highest BCUT2D eigenvalue weighted by molar-refractivity contribution is 5.79. The number of likely N-dealkylation sites (tertiary alicyclic amines) is 1. The van der Waals surface area contributed by atoms with Crippen LogP contribution in [-0.2, 0) is 16.1 Å². The summed E-state index contributed by atoms with van der Waals surface area (Å²) < 4.78 is 12.3. The summed E-state index contributed by atoms with van der Waals surface area (Å²) in [6.45, 7) is 2.71. The van der Waals surface area contributed by atoms with Gasteiger partial charge in [-0.05, 0) is 31.9 Å². The van der Waals surface area contributed by atoms with E-state index in [2.05, 4.69) is 0 Å². The number of carbonyl (C=O) groups is 1. The zero-order valence-corrected chi connectivity index (χ0v) is 15.3. The summed E-state index contributed by atoms with van der Waals surface area (Å²) in [5.41, 5.74) is -0.967. The van der Waals surface area contributed by atoms with Crippen LogP contribution in [0.15, 0.2) is 33.5 Å². The molecule has 1 aromatic carbocycles. The normalized spacial score (nSPS) is 28.0. The topological polar surface area (TPSA) is 105 Å².